The summed E-state index contributed by atoms with van der Waals surface area (Å²) >= 11 is 0. The first-order valence-electron chi connectivity index (χ1n) is 8.35. The first-order chi connectivity index (χ1) is 10.2. The third kappa shape index (κ3) is 5.79. The van der Waals surface area contributed by atoms with E-state index in [-0.39, 0.29) is 12.4 Å². The summed E-state index contributed by atoms with van der Waals surface area (Å²) < 4.78 is 6.03. The van der Waals surface area contributed by atoms with E-state index in [1.807, 2.05) is 0 Å². The third-order valence-corrected chi connectivity index (χ3v) is 4.32. The molecular weight excluding hydrogens is 296 g/mol. The number of halogens is 1. The molecule has 0 atom stereocenters. The molecule has 0 spiro atoms. The predicted molar refractivity (Wildman–Crippen MR) is 96.4 cm³/mol. The quantitative estimate of drug-likeness (QED) is 0.829. The monoisotopic (exact) mass is 326 g/mol. The summed E-state index contributed by atoms with van der Waals surface area (Å²) in [5, 5.41) is 3.45. The Kier molecular flexibility index (Phi) is 8.84. The smallest absolute Gasteiger partial charge is 0.122 e. The molecule has 126 valence electrons. The zero-order valence-electron chi connectivity index (χ0n) is 14.2. The molecule has 1 saturated heterocycles. The minimum atomic E-state index is 0. The van der Waals surface area contributed by atoms with Crippen LogP contribution < -0.4 is 10.1 Å². The maximum absolute atomic E-state index is 6.03. The number of nitrogens with zero attached hydrogens (tertiary/aromatic N) is 1. The van der Waals surface area contributed by atoms with Gasteiger partial charge in [-0.05, 0) is 69.9 Å². The number of piperidine rings is 1. The fraction of sp³-hybridized carbons (Fsp3) is 0.667. The SMILES string of the molecule is CCCN(CCOc1cc(C)ccc1C)C1CCNCC1.Cl. The highest BCUT2D eigenvalue weighted by Gasteiger charge is 2.20. The van der Waals surface area contributed by atoms with Crippen LogP contribution >= 0.6 is 12.4 Å². The number of aryl methyl sites for hydroxylation is 2. The number of rotatable bonds is 7. The fourth-order valence-electron chi connectivity index (χ4n) is 3.07. The van der Waals surface area contributed by atoms with Crippen molar-refractivity contribution in [1.29, 1.82) is 0 Å². The van der Waals surface area contributed by atoms with E-state index in [4.69, 9.17) is 4.74 Å². The molecule has 0 aromatic heterocycles. The summed E-state index contributed by atoms with van der Waals surface area (Å²) in [5.41, 5.74) is 2.49. The van der Waals surface area contributed by atoms with Gasteiger partial charge in [0.25, 0.3) is 0 Å². The third-order valence-electron chi connectivity index (χ3n) is 4.32. The molecule has 1 heterocycles. The maximum Gasteiger partial charge on any atom is 0.122 e. The molecule has 1 aromatic rings. The molecule has 22 heavy (non-hydrogen) atoms. The van der Waals surface area contributed by atoms with Crippen LogP contribution in [-0.4, -0.2) is 43.7 Å². The van der Waals surface area contributed by atoms with Crippen LogP contribution in [0.15, 0.2) is 18.2 Å². The highest BCUT2D eigenvalue weighted by atomic mass is 35.5. The van der Waals surface area contributed by atoms with Crippen LogP contribution in [-0.2, 0) is 0 Å². The van der Waals surface area contributed by atoms with Crippen LogP contribution in [0.5, 0.6) is 5.75 Å². The molecule has 0 radical (unpaired) electrons. The first-order valence-corrected chi connectivity index (χ1v) is 8.35. The summed E-state index contributed by atoms with van der Waals surface area (Å²) in [4.78, 5) is 2.62. The van der Waals surface area contributed by atoms with E-state index in [1.165, 1.54) is 36.9 Å². The van der Waals surface area contributed by atoms with Gasteiger partial charge in [-0.15, -0.1) is 12.4 Å². The molecule has 0 amide bonds. The summed E-state index contributed by atoms with van der Waals surface area (Å²) in [6.07, 6.45) is 3.75. The van der Waals surface area contributed by atoms with Crippen molar-refractivity contribution in [3.8, 4) is 5.75 Å². The Bertz CT molecular complexity index is 433. The van der Waals surface area contributed by atoms with Crippen LogP contribution in [0.2, 0.25) is 0 Å². The van der Waals surface area contributed by atoms with Crippen molar-refractivity contribution >= 4 is 12.4 Å². The van der Waals surface area contributed by atoms with Crippen molar-refractivity contribution in [1.82, 2.24) is 10.2 Å². The van der Waals surface area contributed by atoms with Crippen LogP contribution in [0.25, 0.3) is 0 Å². The molecule has 3 nitrogen and oxygen atoms in total. The zero-order chi connectivity index (χ0) is 15.1. The summed E-state index contributed by atoms with van der Waals surface area (Å²) in [6.45, 7) is 11.8. The second-order valence-corrected chi connectivity index (χ2v) is 6.13. The van der Waals surface area contributed by atoms with E-state index in [1.54, 1.807) is 0 Å². The number of ether oxygens (including phenoxy) is 1. The standard InChI is InChI=1S/C18H30N2O.ClH/c1-4-11-20(17-7-9-19-10-8-17)12-13-21-18-14-15(2)5-6-16(18)3;/h5-6,14,17,19H,4,7-13H2,1-3H3;1H. The molecule has 0 aliphatic carbocycles. The van der Waals surface area contributed by atoms with Gasteiger partial charge in [-0.2, -0.15) is 0 Å². The van der Waals surface area contributed by atoms with Crippen LogP contribution in [0.3, 0.4) is 0 Å². The minimum absolute atomic E-state index is 0. The predicted octanol–water partition coefficient (Wildman–Crippen LogP) is 3.57. The molecule has 1 aliphatic rings. The van der Waals surface area contributed by atoms with Gasteiger partial charge in [0.05, 0.1) is 0 Å². The topological polar surface area (TPSA) is 24.5 Å². The highest BCUT2D eigenvalue weighted by molar-refractivity contribution is 5.85. The second-order valence-electron chi connectivity index (χ2n) is 6.13. The van der Waals surface area contributed by atoms with E-state index in [9.17, 15) is 0 Å². The van der Waals surface area contributed by atoms with E-state index in [0.29, 0.717) is 0 Å². The average Bonchev–Trinajstić information content (AvgIpc) is 2.51. The lowest BCUT2D eigenvalue weighted by molar-refractivity contribution is 0.135. The lowest BCUT2D eigenvalue weighted by Crippen LogP contribution is -2.45. The van der Waals surface area contributed by atoms with E-state index in [2.05, 4.69) is 49.2 Å². The Labute approximate surface area is 141 Å². The molecule has 0 unspecified atom stereocenters. The van der Waals surface area contributed by atoms with Gasteiger partial charge in [-0.1, -0.05) is 19.1 Å². The highest BCUT2D eigenvalue weighted by Crippen LogP contribution is 2.19. The molecular formula is C18H31ClN2O. The second kappa shape index (κ2) is 10.1. The average molecular weight is 327 g/mol. The van der Waals surface area contributed by atoms with Gasteiger partial charge in [0, 0.05) is 12.6 Å². The van der Waals surface area contributed by atoms with Gasteiger partial charge in [0.1, 0.15) is 12.4 Å². The van der Waals surface area contributed by atoms with Gasteiger partial charge in [0.2, 0.25) is 0 Å². The lowest BCUT2D eigenvalue weighted by Gasteiger charge is -2.34. The van der Waals surface area contributed by atoms with Crippen molar-refractivity contribution in [2.75, 3.05) is 32.8 Å². The van der Waals surface area contributed by atoms with Crippen LogP contribution in [0, 0.1) is 13.8 Å². The van der Waals surface area contributed by atoms with Crippen LogP contribution in [0.1, 0.15) is 37.3 Å². The summed E-state index contributed by atoms with van der Waals surface area (Å²) in [6, 6.07) is 7.15. The molecule has 2 rings (SSSR count). The van der Waals surface area contributed by atoms with E-state index >= 15 is 0 Å². The van der Waals surface area contributed by atoms with Crippen LogP contribution in [0.4, 0.5) is 0 Å². The number of hydrogen-bond donors (Lipinski definition) is 1. The van der Waals surface area contributed by atoms with Crippen molar-refractivity contribution in [2.24, 2.45) is 0 Å². The molecule has 0 bridgehead atoms. The van der Waals surface area contributed by atoms with Gasteiger partial charge in [-0.25, -0.2) is 0 Å². The minimum Gasteiger partial charge on any atom is -0.492 e. The number of nitrogens with one attached hydrogen (secondary N) is 1. The van der Waals surface area contributed by atoms with Crippen molar-refractivity contribution < 1.29 is 4.74 Å². The fourth-order valence-corrected chi connectivity index (χ4v) is 3.07. The molecule has 0 saturated carbocycles. The maximum atomic E-state index is 6.03. The lowest BCUT2D eigenvalue weighted by atomic mass is 10.0. The van der Waals surface area contributed by atoms with Gasteiger partial charge < -0.3 is 10.1 Å². The Morgan fingerprint density at radius 3 is 2.59 bits per heavy atom. The Morgan fingerprint density at radius 2 is 1.91 bits per heavy atom. The number of benzene rings is 1. The van der Waals surface area contributed by atoms with Crippen molar-refractivity contribution in [2.45, 2.75) is 46.1 Å². The Hall–Kier alpha value is -0.770. The van der Waals surface area contributed by atoms with Crippen molar-refractivity contribution in [3.63, 3.8) is 0 Å². The Morgan fingerprint density at radius 1 is 1.18 bits per heavy atom. The molecule has 1 aliphatic heterocycles. The normalized spacial score (nSPS) is 15.6. The zero-order valence-corrected chi connectivity index (χ0v) is 15.0. The van der Waals surface area contributed by atoms with Crippen molar-refractivity contribution in [3.05, 3.63) is 29.3 Å². The molecule has 4 heteroatoms. The summed E-state index contributed by atoms with van der Waals surface area (Å²) in [7, 11) is 0. The van der Waals surface area contributed by atoms with Gasteiger partial charge in [0.15, 0.2) is 0 Å². The molecule has 1 fully saturated rings. The number of hydrogen-bond acceptors (Lipinski definition) is 3. The first kappa shape index (κ1) is 19.3. The summed E-state index contributed by atoms with van der Waals surface area (Å²) in [5.74, 6) is 1.04. The Balaban J connectivity index is 0.00000242. The van der Waals surface area contributed by atoms with E-state index in [0.717, 1.165) is 38.0 Å². The largest absolute Gasteiger partial charge is 0.492 e. The van der Waals surface area contributed by atoms with E-state index < -0.39 is 0 Å². The molecule has 1 N–H and O–H groups in total. The van der Waals surface area contributed by atoms with Gasteiger partial charge in [-0.3, -0.25) is 4.90 Å². The molecule has 1 aromatic carbocycles. The van der Waals surface area contributed by atoms with Gasteiger partial charge >= 0.3 is 0 Å².